The number of fused-ring (bicyclic) bond motifs is 2. The van der Waals surface area contributed by atoms with E-state index < -0.39 is 0 Å². The van der Waals surface area contributed by atoms with Crippen molar-refractivity contribution in [2.45, 2.75) is 32.6 Å². The van der Waals surface area contributed by atoms with Crippen LogP contribution in [0.5, 0.6) is 5.75 Å². The molecule has 0 atom stereocenters. The number of aryl methyl sites for hydroxylation is 3. The number of methoxy groups -OCH3 is 1. The van der Waals surface area contributed by atoms with E-state index >= 15 is 0 Å². The summed E-state index contributed by atoms with van der Waals surface area (Å²) >= 11 is 0. The Hall–Kier alpha value is -4.06. The van der Waals surface area contributed by atoms with E-state index in [0.717, 1.165) is 61.0 Å². The maximum Gasteiger partial charge on any atom is 0.261 e. The number of hydrogen-bond donors (Lipinski definition) is 1. The molecular weight excluding hydrogens is 450 g/mol. The molecule has 1 aromatic heterocycles. The smallest absolute Gasteiger partial charge is 0.261 e. The number of nitrogens with one attached hydrogen (secondary N) is 1. The average Bonchev–Trinajstić information content (AvgIpc) is 2.90. The summed E-state index contributed by atoms with van der Waals surface area (Å²) in [5, 5.41) is 3.95. The van der Waals surface area contributed by atoms with Gasteiger partial charge >= 0.3 is 0 Å². The van der Waals surface area contributed by atoms with Crippen LogP contribution >= 0.6 is 0 Å². The minimum atomic E-state index is -0.287. The number of nitrogens with zero attached hydrogens (tertiary/aromatic N) is 2. The highest BCUT2D eigenvalue weighted by Crippen LogP contribution is 2.40. The summed E-state index contributed by atoms with van der Waals surface area (Å²) in [6.45, 7) is 4.18. The zero-order valence-electron chi connectivity index (χ0n) is 20.6. The molecular formula is C30H29N3O3. The van der Waals surface area contributed by atoms with Crippen LogP contribution in [0.1, 0.15) is 39.9 Å². The topological polar surface area (TPSA) is 67.1 Å². The molecule has 182 valence electrons. The Kier molecular flexibility index (Phi) is 5.72. The molecule has 4 aromatic rings. The van der Waals surface area contributed by atoms with Crippen LogP contribution in [0.3, 0.4) is 0 Å². The quantitative estimate of drug-likeness (QED) is 0.394. The van der Waals surface area contributed by atoms with Crippen LogP contribution in [0.4, 0.5) is 17.1 Å². The van der Waals surface area contributed by atoms with Gasteiger partial charge in [-0.3, -0.25) is 4.79 Å². The second-order valence-electron chi connectivity index (χ2n) is 9.49. The van der Waals surface area contributed by atoms with Crippen molar-refractivity contribution in [2.75, 3.05) is 30.4 Å². The molecule has 0 saturated heterocycles. The number of ether oxygens (including phenoxy) is 1. The summed E-state index contributed by atoms with van der Waals surface area (Å²) in [5.41, 5.74) is 7.86. The van der Waals surface area contributed by atoms with E-state index in [1.54, 1.807) is 7.11 Å². The molecule has 6 heteroatoms. The van der Waals surface area contributed by atoms with Gasteiger partial charge < -0.3 is 19.4 Å². The molecule has 36 heavy (non-hydrogen) atoms. The van der Waals surface area contributed by atoms with Crippen LogP contribution in [0.15, 0.2) is 70.1 Å². The summed E-state index contributed by atoms with van der Waals surface area (Å²) in [4.78, 5) is 21.0. The van der Waals surface area contributed by atoms with Crippen molar-refractivity contribution in [1.82, 2.24) is 0 Å². The van der Waals surface area contributed by atoms with Crippen LogP contribution in [0.2, 0.25) is 0 Å². The van der Waals surface area contributed by atoms with Gasteiger partial charge in [0.1, 0.15) is 16.9 Å². The first kappa shape index (κ1) is 22.4. The van der Waals surface area contributed by atoms with Gasteiger partial charge in [-0.05, 0) is 74.1 Å². The molecule has 0 fully saturated rings. The lowest BCUT2D eigenvalue weighted by atomic mass is 9.90. The predicted octanol–water partition coefficient (Wildman–Crippen LogP) is 5.93. The lowest BCUT2D eigenvalue weighted by Gasteiger charge is -2.37. The summed E-state index contributed by atoms with van der Waals surface area (Å²) in [6, 6.07) is 19.4. The Balaban J connectivity index is 1.57. The molecule has 6 nitrogen and oxygen atoms in total. The minimum absolute atomic E-state index is 0.287. The molecule has 2 aliphatic heterocycles. The highest BCUT2D eigenvalue weighted by molar-refractivity contribution is 6.06. The highest BCUT2D eigenvalue weighted by atomic mass is 16.5. The SMILES string of the molecule is COc1ccccc1NC(=O)c1cc2cc3c4c(c2oc1=Nc1ccccc1C)CCCN4CCC3. The standard InChI is InChI=1S/C30H29N3O3/c1-19-9-3-4-12-24(19)32-30-23(29(34)31-25-13-5-6-14-26(25)35-2)18-21-17-20-10-7-15-33-16-8-11-22(27(20)33)28(21)36-30/h3-6,9,12-14,17-18H,7-8,10-11,15-16H2,1-2H3,(H,31,34). The van der Waals surface area contributed by atoms with E-state index in [-0.39, 0.29) is 5.91 Å². The fraction of sp³-hybridized carbons (Fsp3) is 0.267. The molecule has 3 heterocycles. The molecule has 0 radical (unpaired) electrons. The zero-order valence-corrected chi connectivity index (χ0v) is 20.6. The van der Waals surface area contributed by atoms with Gasteiger partial charge in [0.15, 0.2) is 0 Å². The van der Waals surface area contributed by atoms with Gasteiger partial charge in [-0.2, -0.15) is 0 Å². The molecule has 0 saturated carbocycles. The minimum Gasteiger partial charge on any atom is -0.495 e. The van der Waals surface area contributed by atoms with Crippen molar-refractivity contribution in [3.05, 3.63) is 88.5 Å². The van der Waals surface area contributed by atoms with E-state index in [9.17, 15) is 4.79 Å². The molecule has 0 aliphatic carbocycles. The summed E-state index contributed by atoms with van der Waals surface area (Å²) < 4.78 is 12.0. The van der Waals surface area contributed by atoms with Gasteiger partial charge in [-0.25, -0.2) is 4.99 Å². The fourth-order valence-electron chi connectivity index (χ4n) is 5.43. The number of hydrogen-bond acceptors (Lipinski definition) is 5. The van der Waals surface area contributed by atoms with Gasteiger partial charge in [0.25, 0.3) is 5.91 Å². The van der Waals surface area contributed by atoms with Crippen molar-refractivity contribution in [2.24, 2.45) is 4.99 Å². The lowest BCUT2D eigenvalue weighted by molar-refractivity contribution is 0.102. The van der Waals surface area contributed by atoms with Gasteiger partial charge in [0.05, 0.1) is 18.5 Å². The summed E-state index contributed by atoms with van der Waals surface area (Å²) in [7, 11) is 1.59. The lowest BCUT2D eigenvalue weighted by Crippen LogP contribution is -2.34. The number of benzene rings is 3. The van der Waals surface area contributed by atoms with E-state index in [1.807, 2.05) is 61.5 Å². The maximum atomic E-state index is 13.6. The molecule has 0 unspecified atom stereocenters. The van der Waals surface area contributed by atoms with Crippen molar-refractivity contribution < 1.29 is 13.9 Å². The number of carbonyl (C=O) groups is 1. The largest absolute Gasteiger partial charge is 0.495 e. The highest BCUT2D eigenvalue weighted by Gasteiger charge is 2.27. The molecule has 0 bridgehead atoms. The van der Waals surface area contributed by atoms with E-state index in [4.69, 9.17) is 14.1 Å². The third kappa shape index (κ3) is 3.92. The van der Waals surface area contributed by atoms with Crippen LogP contribution in [-0.4, -0.2) is 26.1 Å². The van der Waals surface area contributed by atoms with Crippen LogP contribution in [0.25, 0.3) is 11.0 Å². The van der Waals surface area contributed by atoms with Crippen LogP contribution in [-0.2, 0) is 12.8 Å². The van der Waals surface area contributed by atoms with Crippen LogP contribution in [0, 0.1) is 6.92 Å². The maximum absolute atomic E-state index is 13.6. The Labute approximate surface area is 210 Å². The molecule has 6 rings (SSSR count). The Morgan fingerprint density at radius 2 is 1.81 bits per heavy atom. The number of para-hydroxylation sites is 3. The van der Waals surface area contributed by atoms with E-state index in [2.05, 4.69) is 16.3 Å². The second kappa shape index (κ2) is 9.19. The fourth-order valence-corrected chi connectivity index (χ4v) is 5.43. The van der Waals surface area contributed by atoms with Crippen molar-refractivity contribution in [3.8, 4) is 5.75 Å². The second-order valence-corrected chi connectivity index (χ2v) is 9.49. The van der Waals surface area contributed by atoms with Crippen molar-refractivity contribution >= 4 is 33.9 Å². The third-order valence-electron chi connectivity index (χ3n) is 7.17. The normalized spacial score (nSPS) is 15.1. The Morgan fingerprint density at radius 3 is 2.64 bits per heavy atom. The first-order chi connectivity index (χ1) is 17.6. The first-order valence-corrected chi connectivity index (χ1v) is 12.5. The van der Waals surface area contributed by atoms with Crippen molar-refractivity contribution in [1.29, 1.82) is 0 Å². The number of anilines is 2. The molecule has 3 aromatic carbocycles. The molecule has 0 spiro atoms. The number of rotatable bonds is 4. The number of carbonyl (C=O) groups excluding carboxylic acids is 1. The zero-order chi connectivity index (χ0) is 24.6. The van der Waals surface area contributed by atoms with Crippen molar-refractivity contribution in [3.63, 3.8) is 0 Å². The molecule has 1 N–H and O–H groups in total. The van der Waals surface area contributed by atoms with E-state index in [1.165, 1.54) is 16.8 Å². The monoisotopic (exact) mass is 479 g/mol. The third-order valence-corrected chi connectivity index (χ3v) is 7.17. The Bertz CT molecular complexity index is 1550. The Morgan fingerprint density at radius 1 is 1.03 bits per heavy atom. The molecule has 2 aliphatic rings. The van der Waals surface area contributed by atoms with E-state index in [0.29, 0.717) is 22.6 Å². The average molecular weight is 480 g/mol. The molecule has 1 amide bonds. The first-order valence-electron chi connectivity index (χ1n) is 12.5. The van der Waals surface area contributed by atoms with Gasteiger partial charge in [0.2, 0.25) is 5.55 Å². The van der Waals surface area contributed by atoms with Gasteiger partial charge in [0, 0.05) is 29.7 Å². The summed E-state index contributed by atoms with van der Waals surface area (Å²) in [6.07, 6.45) is 4.27. The predicted molar refractivity (Wildman–Crippen MR) is 142 cm³/mol. The summed E-state index contributed by atoms with van der Waals surface area (Å²) in [5.74, 6) is 0.310. The van der Waals surface area contributed by atoms with Gasteiger partial charge in [-0.1, -0.05) is 30.3 Å². The van der Waals surface area contributed by atoms with Gasteiger partial charge in [-0.15, -0.1) is 0 Å². The number of amides is 1. The van der Waals surface area contributed by atoms with Crippen LogP contribution < -0.4 is 20.5 Å².